The second-order valence-corrected chi connectivity index (χ2v) is 4.16. The zero-order valence-electron chi connectivity index (χ0n) is 7.92. The summed E-state index contributed by atoms with van der Waals surface area (Å²) in [5, 5.41) is 1.22. The molecule has 1 unspecified atom stereocenters. The number of aryl methyl sites for hydroxylation is 2. The van der Waals surface area contributed by atoms with Crippen molar-refractivity contribution in [1.29, 1.82) is 0 Å². The van der Waals surface area contributed by atoms with Crippen LogP contribution in [0.3, 0.4) is 0 Å². The highest BCUT2D eigenvalue weighted by molar-refractivity contribution is 7.11. The van der Waals surface area contributed by atoms with E-state index < -0.39 is 0 Å². The summed E-state index contributed by atoms with van der Waals surface area (Å²) in [6.45, 7) is 7.07. The van der Waals surface area contributed by atoms with Crippen LogP contribution in [0.4, 0.5) is 0 Å². The van der Waals surface area contributed by atoms with E-state index in [1.165, 1.54) is 9.88 Å². The van der Waals surface area contributed by atoms with Crippen molar-refractivity contribution in [2.45, 2.75) is 33.1 Å². The average molecular weight is 184 g/mol. The molecule has 1 rings (SSSR count). The molecular weight excluding hydrogens is 168 g/mol. The van der Waals surface area contributed by atoms with Gasteiger partial charge in [-0.15, -0.1) is 11.3 Å². The van der Waals surface area contributed by atoms with Gasteiger partial charge in [0, 0.05) is 10.8 Å². The zero-order valence-corrected chi connectivity index (χ0v) is 8.74. The van der Waals surface area contributed by atoms with Gasteiger partial charge in [-0.25, -0.2) is 4.98 Å². The van der Waals surface area contributed by atoms with Crippen molar-refractivity contribution in [1.82, 2.24) is 4.98 Å². The third kappa shape index (κ3) is 1.84. The Kier molecular flexibility index (Phi) is 3.23. The molecule has 1 aromatic heterocycles. The highest BCUT2D eigenvalue weighted by Gasteiger charge is 2.11. The van der Waals surface area contributed by atoms with Gasteiger partial charge in [0.1, 0.15) is 0 Å². The molecule has 1 atom stereocenters. The van der Waals surface area contributed by atoms with Crippen LogP contribution in [0.5, 0.6) is 0 Å². The van der Waals surface area contributed by atoms with E-state index in [4.69, 9.17) is 5.73 Å². The molecule has 0 aromatic carbocycles. The van der Waals surface area contributed by atoms with Crippen molar-refractivity contribution >= 4 is 11.3 Å². The van der Waals surface area contributed by atoms with E-state index in [-0.39, 0.29) is 0 Å². The van der Waals surface area contributed by atoms with Crippen molar-refractivity contribution in [3.05, 3.63) is 15.6 Å². The van der Waals surface area contributed by atoms with E-state index >= 15 is 0 Å². The van der Waals surface area contributed by atoms with Crippen LogP contribution in [0, 0.1) is 6.92 Å². The lowest BCUT2D eigenvalue weighted by atomic mass is 10.1. The van der Waals surface area contributed by atoms with E-state index in [1.807, 2.05) is 0 Å². The molecule has 0 radical (unpaired) electrons. The second kappa shape index (κ2) is 4.01. The maximum Gasteiger partial charge on any atom is 0.0928 e. The largest absolute Gasteiger partial charge is 0.330 e. The highest BCUT2D eigenvalue weighted by Crippen LogP contribution is 2.25. The maximum absolute atomic E-state index is 5.60. The van der Waals surface area contributed by atoms with Gasteiger partial charge >= 0.3 is 0 Å². The van der Waals surface area contributed by atoms with E-state index in [0.717, 1.165) is 12.1 Å². The molecule has 0 saturated carbocycles. The number of nitrogens with zero attached hydrogens (tertiary/aromatic N) is 1. The molecule has 1 aromatic rings. The number of hydrogen-bond donors (Lipinski definition) is 1. The fraction of sp³-hybridized carbons (Fsp3) is 0.667. The predicted molar refractivity (Wildman–Crippen MR) is 53.7 cm³/mol. The smallest absolute Gasteiger partial charge is 0.0928 e. The van der Waals surface area contributed by atoms with Crippen molar-refractivity contribution in [3.8, 4) is 0 Å². The van der Waals surface area contributed by atoms with Crippen LogP contribution >= 0.6 is 11.3 Å². The van der Waals surface area contributed by atoms with Gasteiger partial charge in [-0.05, 0) is 19.9 Å². The van der Waals surface area contributed by atoms with Crippen LogP contribution in [0.1, 0.15) is 35.3 Å². The van der Waals surface area contributed by atoms with Crippen molar-refractivity contribution < 1.29 is 0 Å². The lowest BCUT2D eigenvalue weighted by Gasteiger charge is -2.04. The van der Waals surface area contributed by atoms with Gasteiger partial charge in [-0.2, -0.15) is 0 Å². The lowest BCUT2D eigenvalue weighted by molar-refractivity contribution is 0.780. The summed E-state index contributed by atoms with van der Waals surface area (Å²) in [7, 11) is 0. The molecule has 2 nitrogen and oxygen atoms in total. The Morgan fingerprint density at radius 2 is 2.25 bits per heavy atom. The fourth-order valence-corrected chi connectivity index (χ4v) is 2.25. The molecule has 0 aliphatic heterocycles. The molecule has 2 N–H and O–H groups in total. The molecule has 0 aliphatic rings. The molecule has 1 heterocycles. The summed E-state index contributed by atoms with van der Waals surface area (Å²) in [5.74, 6) is 0.461. The van der Waals surface area contributed by atoms with Gasteiger partial charge < -0.3 is 5.73 Å². The van der Waals surface area contributed by atoms with Crippen LogP contribution in [-0.2, 0) is 6.42 Å². The first-order valence-electron chi connectivity index (χ1n) is 4.35. The monoisotopic (exact) mass is 184 g/mol. The Bertz CT molecular complexity index is 255. The molecule has 0 aliphatic carbocycles. The van der Waals surface area contributed by atoms with E-state index in [1.54, 1.807) is 11.3 Å². The van der Waals surface area contributed by atoms with Gasteiger partial charge in [-0.3, -0.25) is 0 Å². The number of aromatic nitrogens is 1. The number of rotatable bonds is 3. The minimum atomic E-state index is 0.461. The topological polar surface area (TPSA) is 38.9 Å². The zero-order chi connectivity index (χ0) is 9.14. The second-order valence-electron chi connectivity index (χ2n) is 3.05. The van der Waals surface area contributed by atoms with Gasteiger partial charge in [0.15, 0.2) is 0 Å². The molecule has 0 amide bonds. The Morgan fingerprint density at radius 1 is 1.58 bits per heavy atom. The first kappa shape index (κ1) is 9.68. The number of nitrogens with two attached hydrogens (primary N) is 1. The SMILES string of the molecule is CCc1nc(C)c(C(C)CN)s1. The van der Waals surface area contributed by atoms with Gasteiger partial charge in [0.2, 0.25) is 0 Å². The van der Waals surface area contributed by atoms with Crippen LogP contribution in [0.2, 0.25) is 0 Å². The third-order valence-electron chi connectivity index (χ3n) is 1.98. The Balaban J connectivity index is 2.91. The molecule has 3 heteroatoms. The summed E-state index contributed by atoms with van der Waals surface area (Å²) >= 11 is 1.80. The summed E-state index contributed by atoms with van der Waals surface area (Å²) < 4.78 is 0. The number of thiazole rings is 1. The minimum absolute atomic E-state index is 0.461. The van der Waals surface area contributed by atoms with Crippen molar-refractivity contribution in [2.75, 3.05) is 6.54 Å². The summed E-state index contributed by atoms with van der Waals surface area (Å²) in [4.78, 5) is 5.82. The molecule has 68 valence electrons. The highest BCUT2D eigenvalue weighted by atomic mass is 32.1. The first-order valence-corrected chi connectivity index (χ1v) is 5.17. The van der Waals surface area contributed by atoms with Crippen LogP contribution in [0.15, 0.2) is 0 Å². The van der Waals surface area contributed by atoms with E-state index in [0.29, 0.717) is 12.5 Å². The molecule has 12 heavy (non-hydrogen) atoms. The molecular formula is C9H16N2S. The van der Waals surface area contributed by atoms with Gasteiger partial charge in [0.25, 0.3) is 0 Å². The third-order valence-corrected chi connectivity index (χ3v) is 3.51. The van der Waals surface area contributed by atoms with Gasteiger partial charge in [0.05, 0.1) is 10.7 Å². The Morgan fingerprint density at radius 3 is 2.67 bits per heavy atom. The van der Waals surface area contributed by atoms with Crippen LogP contribution < -0.4 is 5.73 Å². The van der Waals surface area contributed by atoms with Crippen molar-refractivity contribution in [3.63, 3.8) is 0 Å². The summed E-state index contributed by atoms with van der Waals surface area (Å²) in [6.07, 6.45) is 1.03. The quantitative estimate of drug-likeness (QED) is 0.781. The normalized spacial score (nSPS) is 13.3. The van der Waals surface area contributed by atoms with Crippen LogP contribution in [-0.4, -0.2) is 11.5 Å². The summed E-state index contributed by atoms with van der Waals surface area (Å²) in [6, 6.07) is 0. The Labute approximate surface area is 77.8 Å². The Hall–Kier alpha value is -0.410. The van der Waals surface area contributed by atoms with Crippen LogP contribution in [0.25, 0.3) is 0 Å². The minimum Gasteiger partial charge on any atom is -0.330 e. The standard InChI is InChI=1S/C9H16N2S/c1-4-8-11-7(3)9(12-8)6(2)5-10/h6H,4-5,10H2,1-3H3. The molecule has 0 bridgehead atoms. The summed E-state index contributed by atoms with van der Waals surface area (Å²) in [5.41, 5.74) is 6.76. The number of hydrogen-bond acceptors (Lipinski definition) is 3. The van der Waals surface area contributed by atoms with Gasteiger partial charge in [-0.1, -0.05) is 13.8 Å². The molecule has 0 spiro atoms. The van der Waals surface area contributed by atoms with Crippen molar-refractivity contribution in [2.24, 2.45) is 5.73 Å². The predicted octanol–water partition coefficient (Wildman–Crippen LogP) is 2.08. The van der Waals surface area contributed by atoms with E-state index in [2.05, 4.69) is 25.8 Å². The molecule has 0 saturated heterocycles. The lowest BCUT2D eigenvalue weighted by Crippen LogP contribution is -2.08. The first-order chi connectivity index (χ1) is 5.69. The van der Waals surface area contributed by atoms with E-state index in [9.17, 15) is 0 Å². The maximum atomic E-state index is 5.60. The average Bonchev–Trinajstić information content (AvgIpc) is 2.45. The fourth-order valence-electron chi connectivity index (χ4n) is 1.18. The molecule has 0 fully saturated rings.